The van der Waals surface area contributed by atoms with Crippen LogP contribution in [0.4, 0.5) is 22.6 Å². The summed E-state index contributed by atoms with van der Waals surface area (Å²) in [7, 11) is 1.09. The van der Waals surface area contributed by atoms with Gasteiger partial charge < -0.3 is 20.1 Å². The van der Waals surface area contributed by atoms with E-state index >= 15 is 0 Å². The van der Waals surface area contributed by atoms with Crippen LogP contribution in [-0.2, 0) is 27.1 Å². The van der Waals surface area contributed by atoms with Crippen molar-refractivity contribution in [3.8, 4) is 0 Å². The molecule has 0 radical (unpaired) electrons. The molecule has 2 N–H and O–H groups in total. The van der Waals surface area contributed by atoms with E-state index in [1.165, 1.54) is 6.92 Å². The Kier molecular flexibility index (Phi) is 7.49. The standard InChI is InChI=1S/C22H22F4N2O5S/c1-3-33-20(31)21(22(24,25)26,27-17(29)12-7-6-8-13(23)11-12)28-18-16(19(30)32-2)14-9-4-5-10-15(14)34-18/h6-8,11,28H,3-5,9-10H2,1-2H3,(H,27,29)/t21-/m1/s1. The number of benzene rings is 1. The Morgan fingerprint density at radius 1 is 1.15 bits per heavy atom. The lowest BCUT2D eigenvalue weighted by Gasteiger charge is -2.35. The second kappa shape index (κ2) is 10.00. The second-order valence-corrected chi connectivity index (χ2v) is 8.57. The van der Waals surface area contributed by atoms with Crippen molar-refractivity contribution < 1.29 is 41.4 Å². The number of nitrogens with one attached hydrogen (secondary N) is 2. The minimum atomic E-state index is -5.42. The molecule has 1 aliphatic rings. The predicted molar refractivity (Wildman–Crippen MR) is 115 cm³/mol. The number of hydrogen-bond acceptors (Lipinski definition) is 7. The molecule has 2 aromatic rings. The zero-order chi connectivity index (χ0) is 25.1. The molecule has 34 heavy (non-hydrogen) atoms. The van der Waals surface area contributed by atoms with Gasteiger partial charge in [0.2, 0.25) is 0 Å². The highest BCUT2D eigenvalue weighted by Crippen LogP contribution is 2.42. The molecule has 12 heteroatoms. The summed E-state index contributed by atoms with van der Waals surface area (Å²) in [4.78, 5) is 38.6. The molecule has 1 heterocycles. The van der Waals surface area contributed by atoms with Gasteiger partial charge in [0.25, 0.3) is 5.91 Å². The van der Waals surface area contributed by atoms with Crippen LogP contribution in [0.2, 0.25) is 0 Å². The molecule has 184 valence electrons. The number of aryl methyl sites for hydroxylation is 1. The summed E-state index contributed by atoms with van der Waals surface area (Å²) in [5.41, 5.74) is -3.79. The highest BCUT2D eigenvalue weighted by Gasteiger charge is 2.64. The first-order valence-corrected chi connectivity index (χ1v) is 11.2. The fraction of sp³-hybridized carbons (Fsp3) is 0.409. The van der Waals surface area contributed by atoms with E-state index in [1.807, 2.05) is 0 Å². The fourth-order valence-corrected chi connectivity index (χ4v) is 4.98. The van der Waals surface area contributed by atoms with Crippen molar-refractivity contribution >= 4 is 34.2 Å². The van der Waals surface area contributed by atoms with Crippen LogP contribution in [0.1, 0.15) is 50.9 Å². The Hall–Kier alpha value is -3.15. The highest BCUT2D eigenvalue weighted by atomic mass is 32.1. The molecule has 0 aliphatic heterocycles. The topological polar surface area (TPSA) is 93.7 Å². The minimum Gasteiger partial charge on any atom is -0.465 e. The molecule has 0 saturated carbocycles. The number of halogens is 4. The lowest BCUT2D eigenvalue weighted by molar-refractivity contribution is -0.204. The second-order valence-electron chi connectivity index (χ2n) is 7.46. The maximum absolute atomic E-state index is 14.5. The first kappa shape index (κ1) is 25.5. The Balaban J connectivity index is 2.14. The van der Waals surface area contributed by atoms with Gasteiger partial charge in [-0.05, 0) is 56.4 Å². The Morgan fingerprint density at radius 3 is 2.47 bits per heavy atom. The third-order valence-electron chi connectivity index (χ3n) is 5.26. The monoisotopic (exact) mass is 502 g/mol. The molecule has 0 bridgehead atoms. The van der Waals surface area contributed by atoms with E-state index in [0.29, 0.717) is 23.3 Å². The highest BCUT2D eigenvalue weighted by molar-refractivity contribution is 7.16. The SMILES string of the molecule is CCOC(=O)[C@@](NC(=O)c1cccc(F)c1)(Nc1sc2c(c1C(=O)OC)CCCC2)C(F)(F)F. The third-order valence-corrected chi connectivity index (χ3v) is 6.46. The van der Waals surface area contributed by atoms with E-state index in [1.54, 1.807) is 5.32 Å². The normalized spacial score (nSPS) is 15.0. The smallest absolute Gasteiger partial charge is 0.441 e. The van der Waals surface area contributed by atoms with Crippen LogP contribution in [0.5, 0.6) is 0 Å². The van der Waals surface area contributed by atoms with Crippen molar-refractivity contribution in [2.24, 2.45) is 0 Å². The van der Waals surface area contributed by atoms with E-state index in [9.17, 15) is 31.9 Å². The summed E-state index contributed by atoms with van der Waals surface area (Å²) >= 11 is 0.878. The summed E-state index contributed by atoms with van der Waals surface area (Å²) in [5.74, 6) is -4.95. The van der Waals surface area contributed by atoms with Gasteiger partial charge in [-0.2, -0.15) is 13.2 Å². The number of carbonyl (C=O) groups is 3. The van der Waals surface area contributed by atoms with Crippen molar-refractivity contribution in [1.29, 1.82) is 0 Å². The van der Waals surface area contributed by atoms with E-state index in [2.05, 4.69) is 10.1 Å². The average molecular weight is 502 g/mol. The first-order chi connectivity index (χ1) is 16.0. The lowest BCUT2D eigenvalue weighted by atomic mass is 9.95. The Morgan fingerprint density at radius 2 is 1.85 bits per heavy atom. The van der Waals surface area contributed by atoms with Crippen LogP contribution in [0.25, 0.3) is 0 Å². The van der Waals surface area contributed by atoms with Crippen LogP contribution in [0.15, 0.2) is 24.3 Å². The van der Waals surface area contributed by atoms with Gasteiger partial charge in [0, 0.05) is 10.4 Å². The number of thiophene rings is 1. The summed E-state index contributed by atoms with van der Waals surface area (Å²) < 4.78 is 66.6. The molecule has 0 unspecified atom stereocenters. The molecule has 0 fully saturated rings. The number of esters is 2. The van der Waals surface area contributed by atoms with Crippen LogP contribution >= 0.6 is 11.3 Å². The number of hydrogen-bond donors (Lipinski definition) is 2. The Bertz CT molecular complexity index is 1100. The summed E-state index contributed by atoms with van der Waals surface area (Å²) in [6.07, 6.45) is -2.91. The van der Waals surface area contributed by atoms with Gasteiger partial charge in [-0.1, -0.05) is 6.07 Å². The number of rotatable bonds is 7. The largest absolute Gasteiger partial charge is 0.465 e. The molecule has 0 saturated heterocycles. The number of alkyl halides is 3. The van der Waals surface area contributed by atoms with Gasteiger partial charge in [0.15, 0.2) is 0 Å². The number of ether oxygens (including phenoxy) is 2. The summed E-state index contributed by atoms with van der Waals surface area (Å²) in [5, 5.41) is 3.43. The molecule has 1 aromatic heterocycles. The molecule has 7 nitrogen and oxygen atoms in total. The third kappa shape index (κ3) is 4.86. The molecule has 0 spiro atoms. The quantitative estimate of drug-likeness (QED) is 0.335. The van der Waals surface area contributed by atoms with Crippen molar-refractivity contribution in [1.82, 2.24) is 5.32 Å². The van der Waals surface area contributed by atoms with Gasteiger partial charge in [0.05, 0.1) is 19.3 Å². The van der Waals surface area contributed by atoms with Crippen LogP contribution in [0, 0.1) is 5.82 Å². The average Bonchev–Trinajstić information content (AvgIpc) is 3.15. The van der Waals surface area contributed by atoms with E-state index in [-0.39, 0.29) is 10.6 Å². The fourth-order valence-electron chi connectivity index (χ4n) is 3.64. The lowest BCUT2D eigenvalue weighted by Crippen LogP contribution is -2.69. The van der Waals surface area contributed by atoms with Crippen molar-refractivity contribution in [3.63, 3.8) is 0 Å². The molecule has 3 rings (SSSR count). The van der Waals surface area contributed by atoms with E-state index in [0.717, 1.165) is 55.6 Å². The number of fused-ring (bicyclic) bond motifs is 1. The number of carbonyl (C=O) groups excluding carboxylic acids is 3. The maximum atomic E-state index is 14.5. The van der Waals surface area contributed by atoms with Crippen molar-refractivity contribution in [2.75, 3.05) is 19.0 Å². The molecule has 1 aromatic carbocycles. The summed E-state index contributed by atoms with van der Waals surface area (Å²) in [6, 6.07) is 3.97. The van der Waals surface area contributed by atoms with Gasteiger partial charge in [0.1, 0.15) is 10.8 Å². The molecular weight excluding hydrogens is 480 g/mol. The summed E-state index contributed by atoms with van der Waals surface area (Å²) in [6.45, 7) is 0.885. The van der Waals surface area contributed by atoms with Gasteiger partial charge in [-0.3, -0.25) is 4.79 Å². The van der Waals surface area contributed by atoms with Gasteiger partial charge in [-0.25, -0.2) is 14.0 Å². The zero-order valence-electron chi connectivity index (χ0n) is 18.3. The minimum absolute atomic E-state index is 0.125. The van der Waals surface area contributed by atoms with E-state index in [4.69, 9.17) is 4.74 Å². The first-order valence-electron chi connectivity index (χ1n) is 10.4. The predicted octanol–water partition coefficient (Wildman–Crippen LogP) is 4.22. The van der Waals surface area contributed by atoms with Crippen LogP contribution < -0.4 is 10.6 Å². The van der Waals surface area contributed by atoms with Crippen LogP contribution in [-0.4, -0.2) is 43.4 Å². The zero-order valence-corrected chi connectivity index (χ0v) is 19.1. The molecule has 1 amide bonds. The van der Waals surface area contributed by atoms with Gasteiger partial charge in [-0.15, -0.1) is 11.3 Å². The number of amides is 1. The van der Waals surface area contributed by atoms with Gasteiger partial charge >= 0.3 is 23.8 Å². The van der Waals surface area contributed by atoms with Crippen molar-refractivity contribution in [2.45, 2.75) is 44.4 Å². The molecule has 1 atom stereocenters. The Labute approximate surface area is 196 Å². The van der Waals surface area contributed by atoms with Crippen LogP contribution in [0.3, 0.4) is 0 Å². The number of anilines is 1. The molecule has 1 aliphatic carbocycles. The van der Waals surface area contributed by atoms with E-state index < -0.39 is 47.7 Å². The number of methoxy groups -OCH3 is 1. The maximum Gasteiger partial charge on any atom is 0.441 e. The molecular formula is C22H22F4N2O5S. The van der Waals surface area contributed by atoms with Crippen molar-refractivity contribution in [3.05, 3.63) is 51.7 Å².